The zero-order chi connectivity index (χ0) is 12.1. The number of nitrogens with two attached hydrogens (primary N) is 1. The average molecular weight is 230 g/mol. The molecule has 0 aliphatic carbocycles. The summed E-state index contributed by atoms with van der Waals surface area (Å²) in [6, 6.07) is 3.36. The number of hydrogen-bond acceptors (Lipinski definition) is 3. The lowest BCUT2D eigenvalue weighted by Gasteiger charge is -2.22. The summed E-state index contributed by atoms with van der Waals surface area (Å²) in [5.41, 5.74) is 5.32. The lowest BCUT2D eigenvalue weighted by atomic mass is 9.99. The highest BCUT2D eigenvalue weighted by Gasteiger charge is 2.22. The molecule has 0 heterocycles. The first kappa shape index (κ1) is 13.0. The molecule has 2 atom stereocenters. The minimum Gasteiger partial charge on any atom is -0.387 e. The van der Waals surface area contributed by atoms with Crippen molar-refractivity contribution in [3.63, 3.8) is 0 Å². The van der Waals surface area contributed by atoms with Crippen LogP contribution in [0.2, 0.25) is 0 Å². The summed E-state index contributed by atoms with van der Waals surface area (Å²) in [6.45, 7) is 0.361. The Morgan fingerprint density at radius 1 is 1.44 bits per heavy atom. The Labute approximate surface area is 93.3 Å². The Balaban J connectivity index is 2.94. The Bertz CT molecular complexity index is 347. The van der Waals surface area contributed by atoms with Gasteiger partial charge in [0.25, 0.3) is 0 Å². The second-order valence-electron chi connectivity index (χ2n) is 3.56. The van der Waals surface area contributed by atoms with Crippen LogP contribution < -0.4 is 11.1 Å². The van der Waals surface area contributed by atoms with Crippen molar-refractivity contribution in [2.45, 2.75) is 18.6 Å². The van der Waals surface area contributed by atoms with Crippen LogP contribution in [-0.4, -0.2) is 24.7 Å². The van der Waals surface area contributed by atoms with Crippen molar-refractivity contribution in [1.29, 1.82) is 0 Å². The van der Waals surface area contributed by atoms with E-state index < -0.39 is 17.7 Å². The van der Waals surface area contributed by atoms with Gasteiger partial charge >= 0.3 is 0 Å². The van der Waals surface area contributed by atoms with Crippen molar-refractivity contribution in [2.24, 2.45) is 5.73 Å². The maximum Gasteiger partial charge on any atom is 0.164 e. The van der Waals surface area contributed by atoms with Gasteiger partial charge in [0.05, 0.1) is 6.10 Å². The van der Waals surface area contributed by atoms with E-state index in [2.05, 4.69) is 5.32 Å². The van der Waals surface area contributed by atoms with E-state index in [9.17, 15) is 13.9 Å². The summed E-state index contributed by atoms with van der Waals surface area (Å²) in [4.78, 5) is 0. The highest BCUT2D eigenvalue weighted by atomic mass is 19.2. The fourth-order valence-corrected chi connectivity index (χ4v) is 1.61. The predicted octanol–water partition coefficient (Wildman–Crippen LogP) is 0.935. The molecule has 0 radical (unpaired) electrons. The minimum atomic E-state index is -1.11. The van der Waals surface area contributed by atoms with Gasteiger partial charge in [-0.3, -0.25) is 0 Å². The highest BCUT2D eigenvalue weighted by molar-refractivity contribution is 5.22. The van der Waals surface area contributed by atoms with E-state index in [-0.39, 0.29) is 11.6 Å². The number of aliphatic hydroxyl groups excluding tert-OH is 1. The van der Waals surface area contributed by atoms with E-state index in [0.717, 1.165) is 6.07 Å². The van der Waals surface area contributed by atoms with Crippen LogP contribution >= 0.6 is 0 Å². The SMILES string of the molecule is CNC(CCN)C(O)c1cccc(F)c1F. The molecule has 0 fully saturated rings. The van der Waals surface area contributed by atoms with Gasteiger partial charge in [-0.25, -0.2) is 8.78 Å². The molecule has 3 nitrogen and oxygen atoms in total. The lowest BCUT2D eigenvalue weighted by molar-refractivity contribution is 0.124. The Morgan fingerprint density at radius 3 is 2.69 bits per heavy atom. The van der Waals surface area contributed by atoms with Gasteiger partial charge in [0, 0.05) is 11.6 Å². The summed E-state index contributed by atoms with van der Waals surface area (Å²) in [7, 11) is 1.64. The van der Waals surface area contributed by atoms with Gasteiger partial charge in [-0.15, -0.1) is 0 Å². The molecule has 2 unspecified atom stereocenters. The third-order valence-corrected chi connectivity index (χ3v) is 2.53. The van der Waals surface area contributed by atoms with Crippen molar-refractivity contribution in [2.75, 3.05) is 13.6 Å². The number of rotatable bonds is 5. The van der Waals surface area contributed by atoms with Gasteiger partial charge < -0.3 is 16.2 Å². The normalized spacial score (nSPS) is 14.8. The standard InChI is InChI=1S/C11H16F2N2O/c1-15-9(5-6-14)11(16)7-3-2-4-8(12)10(7)13/h2-4,9,11,15-16H,5-6,14H2,1H3. The topological polar surface area (TPSA) is 58.3 Å². The van der Waals surface area contributed by atoms with Crippen molar-refractivity contribution >= 4 is 0 Å². The molecule has 1 rings (SSSR count). The van der Waals surface area contributed by atoms with Crippen molar-refractivity contribution in [1.82, 2.24) is 5.32 Å². The number of hydrogen-bond donors (Lipinski definition) is 3. The fraction of sp³-hybridized carbons (Fsp3) is 0.455. The van der Waals surface area contributed by atoms with Crippen LogP contribution in [-0.2, 0) is 0 Å². The van der Waals surface area contributed by atoms with E-state index in [1.807, 2.05) is 0 Å². The Kier molecular flexibility index (Phi) is 4.79. The number of benzene rings is 1. The molecular formula is C11H16F2N2O. The summed E-state index contributed by atoms with van der Waals surface area (Å²) in [5, 5.41) is 12.7. The second kappa shape index (κ2) is 5.89. The van der Waals surface area contributed by atoms with Crippen LogP contribution in [0.1, 0.15) is 18.1 Å². The largest absolute Gasteiger partial charge is 0.387 e. The zero-order valence-corrected chi connectivity index (χ0v) is 9.08. The van der Waals surface area contributed by atoms with Crippen LogP contribution in [0.5, 0.6) is 0 Å². The quantitative estimate of drug-likeness (QED) is 0.705. The molecule has 0 saturated carbocycles. The molecule has 90 valence electrons. The number of halogens is 2. The molecule has 1 aromatic rings. The average Bonchev–Trinajstić information content (AvgIpc) is 2.29. The third-order valence-electron chi connectivity index (χ3n) is 2.53. The van der Waals surface area contributed by atoms with Gasteiger partial charge in [-0.05, 0) is 26.1 Å². The van der Waals surface area contributed by atoms with Crippen LogP contribution in [0, 0.1) is 11.6 Å². The van der Waals surface area contributed by atoms with Crippen LogP contribution in [0.25, 0.3) is 0 Å². The first-order valence-corrected chi connectivity index (χ1v) is 5.11. The van der Waals surface area contributed by atoms with E-state index in [1.165, 1.54) is 12.1 Å². The smallest absolute Gasteiger partial charge is 0.164 e. The summed E-state index contributed by atoms with van der Waals surface area (Å²) >= 11 is 0. The Morgan fingerprint density at radius 2 is 2.12 bits per heavy atom. The van der Waals surface area contributed by atoms with Crippen LogP contribution in [0.15, 0.2) is 18.2 Å². The molecule has 0 aliphatic rings. The van der Waals surface area contributed by atoms with Gasteiger partial charge in [0.2, 0.25) is 0 Å². The maximum atomic E-state index is 13.4. The van der Waals surface area contributed by atoms with Crippen LogP contribution in [0.3, 0.4) is 0 Å². The van der Waals surface area contributed by atoms with Gasteiger partial charge in [0.15, 0.2) is 11.6 Å². The minimum absolute atomic E-state index is 0.0483. The molecule has 1 aromatic carbocycles. The molecule has 16 heavy (non-hydrogen) atoms. The zero-order valence-electron chi connectivity index (χ0n) is 9.08. The van der Waals surface area contributed by atoms with Crippen molar-refractivity contribution in [3.05, 3.63) is 35.4 Å². The molecule has 0 amide bonds. The van der Waals surface area contributed by atoms with E-state index in [0.29, 0.717) is 13.0 Å². The first-order valence-electron chi connectivity index (χ1n) is 5.11. The first-order chi connectivity index (χ1) is 7.61. The van der Waals surface area contributed by atoms with E-state index in [1.54, 1.807) is 7.05 Å². The summed E-state index contributed by atoms with van der Waals surface area (Å²) < 4.78 is 26.4. The summed E-state index contributed by atoms with van der Waals surface area (Å²) in [6.07, 6.45) is -0.627. The molecule has 0 saturated heterocycles. The lowest BCUT2D eigenvalue weighted by Crippen LogP contribution is -2.34. The fourth-order valence-electron chi connectivity index (χ4n) is 1.61. The molecule has 0 bridgehead atoms. The molecule has 0 spiro atoms. The van der Waals surface area contributed by atoms with Crippen molar-refractivity contribution < 1.29 is 13.9 Å². The van der Waals surface area contributed by atoms with Gasteiger partial charge in [-0.1, -0.05) is 12.1 Å². The number of nitrogens with one attached hydrogen (secondary N) is 1. The molecule has 0 aliphatic heterocycles. The van der Waals surface area contributed by atoms with Gasteiger partial charge in [0.1, 0.15) is 0 Å². The number of aliphatic hydroxyl groups is 1. The maximum absolute atomic E-state index is 13.4. The van der Waals surface area contributed by atoms with E-state index >= 15 is 0 Å². The second-order valence-corrected chi connectivity index (χ2v) is 3.56. The van der Waals surface area contributed by atoms with E-state index in [4.69, 9.17) is 5.73 Å². The molecule has 4 N–H and O–H groups in total. The van der Waals surface area contributed by atoms with Crippen LogP contribution in [0.4, 0.5) is 8.78 Å². The molecule has 0 aromatic heterocycles. The van der Waals surface area contributed by atoms with Crippen molar-refractivity contribution in [3.8, 4) is 0 Å². The summed E-state index contributed by atoms with van der Waals surface area (Å²) in [5.74, 6) is -1.97. The monoisotopic (exact) mass is 230 g/mol. The number of likely N-dealkylation sites (N-methyl/N-ethyl adjacent to an activating group) is 1. The predicted molar refractivity (Wildman–Crippen MR) is 57.8 cm³/mol. The highest BCUT2D eigenvalue weighted by Crippen LogP contribution is 2.23. The third kappa shape index (κ3) is 2.75. The molecular weight excluding hydrogens is 214 g/mol. The molecule has 5 heteroatoms. The van der Waals surface area contributed by atoms with Gasteiger partial charge in [-0.2, -0.15) is 0 Å². The Hall–Kier alpha value is -1.04.